The lowest BCUT2D eigenvalue weighted by atomic mass is 10.1. The third-order valence-electron chi connectivity index (χ3n) is 3.41. The molecular weight excluding hydrogens is 246 g/mol. The van der Waals surface area contributed by atoms with E-state index in [4.69, 9.17) is 0 Å². The maximum absolute atomic E-state index is 12.0. The molecule has 2 nitrogen and oxygen atoms in total. The number of aryl methyl sites for hydroxylation is 2. The first-order valence-electron chi connectivity index (χ1n) is 6.68. The molecular formula is C18H19NO. The highest BCUT2D eigenvalue weighted by Gasteiger charge is 2.01. The Morgan fingerprint density at radius 1 is 1.00 bits per heavy atom. The maximum Gasteiger partial charge on any atom is 0.187 e. The summed E-state index contributed by atoms with van der Waals surface area (Å²) in [6.45, 7) is 6.14. The van der Waals surface area contributed by atoms with Gasteiger partial charge in [0.2, 0.25) is 0 Å². The quantitative estimate of drug-likeness (QED) is 0.655. The van der Waals surface area contributed by atoms with Crippen molar-refractivity contribution < 1.29 is 4.79 Å². The number of hydrogen-bond donors (Lipinski definition) is 1. The van der Waals surface area contributed by atoms with Gasteiger partial charge in [-0.15, -0.1) is 0 Å². The minimum Gasteiger partial charge on any atom is -0.361 e. The summed E-state index contributed by atoms with van der Waals surface area (Å²) >= 11 is 0. The highest BCUT2D eigenvalue weighted by Crippen LogP contribution is 2.17. The number of allylic oxidation sites excluding steroid dienone is 1. The van der Waals surface area contributed by atoms with Gasteiger partial charge in [-0.2, -0.15) is 0 Å². The summed E-state index contributed by atoms with van der Waals surface area (Å²) in [7, 11) is 0. The molecule has 0 bridgehead atoms. The molecule has 102 valence electrons. The van der Waals surface area contributed by atoms with Gasteiger partial charge in [-0.3, -0.25) is 4.79 Å². The lowest BCUT2D eigenvalue weighted by Crippen LogP contribution is -1.97. The van der Waals surface area contributed by atoms with Gasteiger partial charge in [0.1, 0.15) is 0 Å². The van der Waals surface area contributed by atoms with Crippen LogP contribution in [-0.2, 0) is 0 Å². The second-order valence-corrected chi connectivity index (χ2v) is 4.96. The normalized spacial score (nSPS) is 10.8. The largest absolute Gasteiger partial charge is 0.361 e. The fourth-order valence-electron chi connectivity index (χ4n) is 1.93. The molecule has 2 heteroatoms. The van der Waals surface area contributed by atoms with Crippen molar-refractivity contribution in [1.29, 1.82) is 0 Å². The summed E-state index contributed by atoms with van der Waals surface area (Å²) < 4.78 is 0. The number of nitrogens with one attached hydrogen (secondary N) is 1. The van der Waals surface area contributed by atoms with Crippen LogP contribution < -0.4 is 5.32 Å². The van der Waals surface area contributed by atoms with E-state index in [1.54, 1.807) is 12.3 Å². The van der Waals surface area contributed by atoms with E-state index in [1.165, 1.54) is 11.1 Å². The molecule has 2 aromatic rings. The van der Waals surface area contributed by atoms with Crippen LogP contribution in [0.2, 0.25) is 0 Å². The number of carbonyl (C=O) groups excluding carboxylic acids is 1. The van der Waals surface area contributed by atoms with Crippen molar-refractivity contribution in [3.05, 3.63) is 77.0 Å². The summed E-state index contributed by atoms with van der Waals surface area (Å²) in [5.41, 5.74) is 5.31. The Kier molecular flexibility index (Phi) is 4.36. The fraction of sp³-hybridized carbons (Fsp3) is 0.167. The van der Waals surface area contributed by atoms with Gasteiger partial charge in [0.15, 0.2) is 5.78 Å². The smallest absolute Gasteiger partial charge is 0.187 e. The van der Waals surface area contributed by atoms with Crippen molar-refractivity contribution in [3.63, 3.8) is 0 Å². The van der Waals surface area contributed by atoms with E-state index in [1.807, 2.05) is 43.3 Å². The molecule has 20 heavy (non-hydrogen) atoms. The van der Waals surface area contributed by atoms with E-state index in [2.05, 4.69) is 25.2 Å². The standard InChI is InChI=1S/C18H19NO/c1-13-7-9-16(10-8-13)18(20)11-12-19-17-6-4-5-14(2)15(17)3/h4-12,19H,1-3H3/b12-11-. The Hall–Kier alpha value is -2.35. The molecule has 0 heterocycles. The first-order chi connectivity index (χ1) is 9.58. The third-order valence-corrected chi connectivity index (χ3v) is 3.41. The van der Waals surface area contributed by atoms with Crippen molar-refractivity contribution in [2.24, 2.45) is 0 Å². The monoisotopic (exact) mass is 265 g/mol. The van der Waals surface area contributed by atoms with E-state index in [-0.39, 0.29) is 5.78 Å². The first kappa shape index (κ1) is 14.1. The summed E-state index contributed by atoms with van der Waals surface area (Å²) in [4.78, 5) is 12.0. The van der Waals surface area contributed by atoms with Gasteiger partial charge in [0.05, 0.1) is 0 Å². The Morgan fingerprint density at radius 2 is 1.70 bits per heavy atom. The van der Waals surface area contributed by atoms with E-state index in [0.29, 0.717) is 5.56 Å². The van der Waals surface area contributed by atoms with Gasteiger partial charge in [0, 0.05) is 23.5 Å². The zero-order valence-corrected chi connectivity index (χ0v) is 12.1. The number of carbonyl (C=O) groups is 1. The maximum atomic E-state index is 12.0. The van der Waals surface area contributed by atoms with Crippen LogP contribution in [-0.4, -0.2) is 5.78 Å². The predicted octanol–water partition coefficient (Wildman–Crippen LogP) is 4.42. The molecule has 0 aliphatic carbocycles. The molecule has 0 aliphatic rings. The van der Waals surface area contributed by atoms with E-state index < -0.39 is 0 Å². The summed E-state index contributed by atoms with van der Waals surface area (Å²) in [5.74, 6) is 0.00260. The van der Waals surface area contributed by atoms with Gasteiger partial charge < -0.3 is 5.32 Å². The molecule has 0 saturated heterocycles. The second-order valence-electron chi connectivity index (χ2n) is 4.96. The van der Waals surface area contributed by atoms with Gasteiger partial charge in [-0.25, -0.2) is 0 Å². The average molecular weight is 265 g/mol. The lowest BCUT2D eigenvalue weighted by Gasteiger charge is -2.07. The van der Waals surface area contributed by atoms with Crippen molar-refractivity contribution in [1.82, 2.24) is 0 Å². The van der Waals surface area contributed by atoms with E-state index in [9.17, 15) is 4.79 Å². The topological polar surface area (TPSA) is 29.1 Å². The number of rotatable bonds is 4. The Balaban J connectivity index is 2.05. The van der Waals surface area contributed by atoms with Gasteiger partial charge in [-0.05, 0) is 38.0 Å². The Morgan fingerprint density at radius 3 is 2.40 bits per heavy atom. The van der Waals surface area contributed by atoms with Crippen LogP contribution in [0.25, 0.3) is 0 Å². The van der Waals surface area contributed by atoms with Crippen LogP contribution in [0.5, 0.6) is 0 Å². The highest BCUT2D eigenvalue weighted by molar-refractivity contribution is 6.04. The van der Waals surface area contributed by atoms with E-state index in [0.717, 1.165) is 11.3 Å². The molecule has 2 rings (SSSR count). The molecule has 0 radical (unpaired) electrons. The van der Waals surface area contributed by atoms with Crippen LogP contribution in [0, 0.1) is 20.8 Å². The summed E-state index contributed by atoms with van der Waals surface area (Å²) in [5, 5.41) is 3.16. The highest BCUT2D eigenvalue weighted by atomic mass is 16.1. The van der Waals surface area contributed by atoms with Crippen LogP contribution in [0.3, 0.4) is 0 Å². The van der Waals surface area contributed by atoms with Crippen molar-refractivity contribution in [2.45, 2.75) is 20.8 Å². The minimum absolute atomic E-state index is 0.00260. The fourth-order valence-corrected chi connectivity index (χ4v) is 1.93. The molecule has 0 atom stereocenters. The minimum atomic E-state index is 0.00260. The molecule has 0 spiro atoms. The van der Waals surface area contributed by atoms with Gasteiger partial charge >= 0.3 is 0 Å². The number of ketones is 1. The van der Waals surface area contributed by atoms with Crippen molar-refractivity contribution >= 4 is 11.5 Å². The molecule has 0 aliphatic heterocycles. The van der Waals surface area contributed by atoms with Crippen LogP contribution in [0.4, 0.5) is 5.69 Å². The third kappa shape index (κ3) is 3.35. The molecule has 1 N–H and O–H groups in total. The SMILES string of the molecule is Cc1ccc(C(=O)/C=C\Nc2cccc(C)c2C)cc1. The van der Waals surface area contributed by atoms with Crippen molar-refractivity contribution in [2.75, 3.05) is 5.32 Å². The number of benzene rings is 2. The number of anilines is 1. The van der Waals surface area contributed by atoms with E-state index >= 15 is 0 Å². The molecule has 2 aromatic carbocycles. The van der Waals surface area contributed by atoms with Crippen LogP contribution in [0.1, 0.15) is 27.0 Å². The number of hydrogen-bond acceptors (Lipinski definition) is 2. The van der Waals surface area contributed by atoms with Crippen molar-refractivity contribution in [3.8, 4) is 0 Å². The second kappa shape index (κ2) is 6.20. The van der Waals surface area contributed by atoms with Crippen LogP contribution in [0.15, 0.2) is 54.7 Å². The van der Waals surface area contributed by atoms with Gasteiger partial charge in [-0.1, -0.05) is 42.0 Å². The van der Waals surface area contributed by atoms with Gasteiger partial charge in [0.25, 0.3) is 0 Å². The molecule has 0 fully saturated rings. The predicted molar refractivity (Wildman–Crippen MR) is 84.2 cm³/mol. The zero-order valence-electron chi connectivity index (χ0n) is 12.1. The lowest BCUT2D eigenvalue weighted by molar-refractivity contribution is 0.104. The molecule has 0 aromatic heterocycles. The Bertz CT molecular complexity index is 639. The molecule has 0 saturated carbocycles. The Labute approximate surface area is 120 Å². The first-order valence-corrected chi connectivity index (χ1v) is 6.68. The summed E-state index contributed by atoms with van der Waals surface area (Å²) in [6.07, 6.45) is 3.26. The zero-order chi connectivity index (χ0) is 14.5. The van der Waals surface area contributed by atoms with Crippen LogP contribution >= 0.6 is 0 Å². The summed E-state index contributed by atoms with van der Waals surface area (Å²) in [6, 6.07) is 13.7. The molecule has 0 unspecified atom stereocenters. The average Bonchev–Trinajstić information content (AvgIpc) is 2.44. The molecule has 0 amide bonds.